The number of halogens is 3. The summed E-state index contributed by atoms with van der Waals surface area (Å²) in [4.78, 5) is 19.2. The van der Waals surface area contributed by atoms with Crippen molar-refractivity contribution in [2.75, 3.05) is 4.90 Å². The summed E-state index contributed by atoms with van der Waals surface area (Å²) in [6, 6.07) is 3.98. The summed E-state index contributed by atoms with van der Waals surface area (Å²) in [6.07, 6.45) is 4.24. The Bertz CT molecular complexity index is 1190. The zero-order valence-corrected chi connectivity index (χ0v) is 19.4. The number of carbonyl (C=O) groups excluding carboxylic acids is 1. The van der Waals surface area contributed by atoms with Crippen LogP contribution in [0.3, 0.4) is 0 Å². The summed E-state index contributed by atoms with van der Waals surface area (Å²) in [5.41, 5.74) is -1.54. The molecule has 2 atom stereocenters. The minimum Gasteiger partial charge on any atom is -0.475 e. The predicted molar refractivity (Wildman–Crippen MR) is 117 cm³/mol. The molecule has 3 heterocycles. The number of benzene rings is 1. The van der Waals surface area contributed by atoms with E-state index in [1.807, 2.05) is 0 Å². The van der Waals surface area contributed by atoms with Crippen LogP contribution < -0.4 is 20.1 Å². The van der Waals surface area contributed by atoms with Gasteiger partial charge in [-0.1, -0.05) is 0 Å². The molecule has 0 aliphatic carbocycles. The molecule has 2 saturated heterocycles. The van der Waals surface area contributed by atoms with Crippen LogP contribution in [0.4, 0.5) is 19.0 Å². The smallest absolute Gasteiger partial charge is 0.263 e. The first kappa shape index (κ1) is 24.3. The molecule has 184 valence electrons. The Morgan fingerprint density at radius 2 is 1.74 bits per heavy atom. The number of hydrogen-bond acceptors (Lipinski definition) is 6. The van der Waals surface area contributed by atoms with Gasteiger partial charge in [-0.25, -0.2) is 31.7 Å². The first-order chi connectivity index (χ1) is 15.8. The molecule has 1 aromatic carbocycles. The molecule has 1 aromatic heterocycles. The number of amides is 1. The van der Waals surface area contributed by atoms with Crippen molar-refractivity contribution in [1.82, 2.24) is 10.3 Å². The monoisotopic (exact) mass is 498 g/mol. The minimum atomic E-state index is -3.83. The van der Waals surface area contributed by atoms with E-state index < -0.39 is 44.7 Å². The number of carbonyl (C=O) groups is 1. The van der Waals surface area contributed by atoms with Gasteiger partial charge in [-0.05, 0) is 51.7 Å². The van der Waals surface area contributed by atoms with Gasteiger partial charge < -0.3 is 15.0 Å². The molecule has 2 bridgehead atoms. The normalized spacial score (nSPS) is 22.5. The zero-order valence-electron chi connectivity index (χ0n) is 18.6. The number of rotatable bonds is 6. The van der Waals surface area contributed by atoms with Crippen molar-refractivity contribution in [2.45, 2.75) is 68.2 Å². The standard InChI is InChI=1S/C22H25F3N4O4S/c1-22(2,33-19-10-17(24)16(23)9-18(19)25)21(30)28-12-7-13-3-4-14(8-12)29(13)20-6-5-15(11-27-20)34(26,31)32/h5-6,9-14H,3-4,7-8H2,1-2H3,(H,28,30)(H2,26,31,32). The highest BCUT2D eigenvalue weighted by molar-refractivity contribution is 7.89. The van der Waals surface area contributed by atoms with Crippen molar-refractivity contribution in [1.29, 1.82) is 0 Å². The van der Waals surface area contributed by atoms with Gasteiger partial charge in [-0.3, -0.25) is 4.79 Å². The number of sulfonamides is 1. The maximum atomic E-state index is 14.0. The molecule has 12 heteroatoms. The predicted octanol–water partition coefficient (Wildman–Crippen LogP) is 2.62. The van der Waals surface area contributed by atoms with Crippen LogP contribution in [0.5, 0.6) is 5.75 Å². The van der Waals surface area contributed by atoms with E-state index in [0.29, 0.717) is 30.8 Å². The molecule has 0 radical (unpaired) electrons. The van der Waals surface area contributed by atoms with Crippen LogP contribution in [0.1, 0.15) is 39.5 Å². The lowest BCUT2D eigenvalue weighted by Crippen LogP contribution is -2.55. The van der Waals surface area contributed by atoms with Gasteiger partial charge in [-0.15, -0.1) is 0 Å². The Balaban J connectivity index is 1.42. The van der Waals surface area contributed by atoms with Gasteiger partial charge in [0, 0.05) is 36.5 Å². The van der Waals surface area contributed by atoms with E-state index in [1.54, 1.807) is 6.07 Å². The lowest BCUT2D eigenvalue weighted by molar-refractivity contribution is -0.135. The van der Waals surface area contributed by atoms with Crippen molar-refractivity contribution >= 4 is 21.7 Å². The quantitative estimate of drug-likeness (QED) is 0.592. The zero-order chi connectivity index (χ0) is 24.8. The highest BCUT2D eigenvalue weighted by Gasteiger charge is 2.43. The topological polar surface area (TPSA) is 115 Å². The van der Waals surface area contributed by atoms with Crippen LogP contribution in [-0.4, -0.2) is 43.0 Å². The summed E-state index contributed by atoms with van der Waals surface area (Å²) in [5.74, 6) is -4.15. The third kappa shape index (κ3) is 4.83. The molecular formula is C22H25F3N4O4S. The van der Waals surface area contributed by atoms with E-state index in [1.165, 1.54) is 26.1 Å². The number of primary sulfonamides is 1. The molecule has 0 saturated carbocycles. The van der Waals surface area contributed by atoms with Crippen molar-refractivity contribution in [3.63, 3.8) is 0 Å². The van der Waals surface area contributed by atoms with E-state index in [4.69, 9.17) is 9.88 Å². The van der Waals surface area contributed by atoms with Gasteiger partial charge in [0.2, 0.25) is 10.0 Å². The van der Waals surface area contributed by atoms with Gasteiger partial charge in [0.15, 0.2) is 28.8 Å². The number of aromatic nitrogens is 1. The Labute approximate surface area is 195 Å². The Kier molecular flexibility index (Phi) is 6.23. The lowest BCUT2D eigenvalue weighted by atomic mass is 9.96. The second-order valence-corrected chi connectivity index (χ2v) is 10.7. The summed E-state index contributed by atoms with van der Waals surface area (Å²) >= 11 is 0. The fourth-order valence-corrected chi connectivity index (χ4v) is 5.08. The molecule has 1 amide bonds. The number of nitrogens with zero attached hydrogens (tertiary/aromatic N) is 2. The second-order valence-electron chi connectivity index (χ2n) is 9.14. The molecule has 0 spiro atoms. The number of nitrogens with one attached hydrogen (secondary N) is 1. The highest BCUT2D eigenvalue weighted by Crippen LogP contribution is 2.39. The lowest BCUT2D eigenvalue weighted by Gasteiger charge is -2.40. The average Bonchev–Trinajstić information content (AvgIpc) is 3.01. The maximum absolute atomic E-state index is 14.0. The SMILES string of the molecule is CC(C)(Oc1cc(F)c(F)cc1F)C(=O)NC1CC2CCC(C1)N2c1ccc(S(N)(=O)=O)cn1. The number of ether oxygens (including phenoxy) is 1. The number of piperidine rings is 1. The van der Waals surface area contributed by atoms with Crippen molar-refractivity contribution in [3.05, 3.63) is 47.9 Å². The number of anilines is 1. The number of pyridine rings is 1. The molecule has 4 rings (SSSR count). The molecule has 2 aromatic rings. The number of fused-ring (bicyclic) bond motifs is 2. The van der Waals surface area contributed by atoms with Crippen LogP contribution in [-0.2, 0) is 14.8 Å². The van der Waals surface area contributed by atoms with Crippen LogP contribution in [0.15, 0.2) is 35.4 Å². The van der Waals surface area contributed by atoms with Gasteiger partial charge in [0.1, 0.15) is 10.7 Å². The Morgan fingerprint density at radius 3 is 2.29 bits per heavy atom. The van der Waals surface area contributed by atoms with Crippen LogP contribution in [0.25, 0.3) is 0 Å². The van der Waals surface area contributed by atoms with Crippen LogP contribution in [0, 0.1) is 17.5 Å². The van der Waals surface area contributed by atoms with Gasteiger partial charge >= 0.3 is 0 Å². The van der Waals surface area contributed by atoms with Gasteiger partial charge in [-0.2, -0.15) is 0 Å². The molecule has 2 aliphatic heterocycles. The van der Waals surface area contributed by atoms with E-state index in [2.05, 4.69) is 15.2 Å². The second kappa shape index (κ2) is 8.73. The van der Waals surface area contributed by atoms with E-state index in [0.717, 1.165) is 12.8 Å². The average molecular weight is 499 g/mol. The fraction of sp³-hybridized carbons (Fsp3) is 0.455. The summed E-state index contributed by atoms with van der Waals surface area (Å²) in [7, 11) is -3.83. The number of hydrogen-bond donors (Lipinski definition) is 2. The first-order valence-electron chi connectivity index (χ1n) is 10.8. The molecular weight excluding hydrogens is 473 g/mol. The van der Waals surface area contributed by atoms with Crippen molar-refractivity contribution in [2.24, 2.45) is 5.14 Å². The summed E-state index contributed by atoms with van der Waals surface area (Å²) < 4.78 is 69.0. The van der Waals surface area contributed by atoms with E-state index in [9.17, 15) is 26.4 Å². The van der Waals surface area contributed by atoms with Crippen molar-refractivity contribution in [3.8, 4) is 5.75 Å². The molecule has 34 heavy (non-hydrogen) atoms. The maximum Gasteiger partial charge on any atom is 0.263 e. The Hall–Kier alpha value is -2.86. The van der Waals surface area contributed by atoms with Crippen molar-refractivity contribution < 1.29 is 31.1 Å². The number of nitrogens with two attached hydrogens (primary N) is 1. The largest absolute Gasteiger partial charge is 0.475 e. The molecule has 8 nitrogen and oxygen atoms in total. The third-order valence-corrected chi connectivity index (χ3v) is 7.17. The van der Waals surface area contributed by atoms with E-state index in [-0.39, 0.29) is 23.0 Å². The third-order valence-electron chi connectivity index (χ3n) is 6.27. The summed E-state index contributed by atoms with van der Waals surface area (Å²) in [5, 5.41) is 8.06. The van der Waals surface area contributed by atoms with Gasteiger partial charge in [0.25, 0.3) is 5.91 Å². The first-order valence-corrected chi connectivity index (χ1v) is 12.3. The van der Waals surface area contributed by atoms with Crippen LogP contribution in [0.2, 0.25) is 0 Å². The minimum absolute atomic E-state index is 0.0644. The molecule has 2 fully saturated rings. The fourth-order valence-electron chi connectivity index (χ4n) is 4.63. The molecule has 2 aliphatic rings. The van der Waals surface area contributed by atoms with E-state index >= 15 is 0 Å². The Morgan fingerprint density at radius 1 is 1.12 bits per heavy atom. The molecule has 3 N–H and O–H groups in total. The highest BCUT2D eigenvalue weighted by atomic mass is 32.2. The summed E-state index contributed by atoms with van der Waals surface area (Å²) in [6.45, 7) is 2.84. The van der Waals surface area contributed by atoms with Crippen LogP contribution >= 0.6 is 0 Å². The molecule has 2 unspecified atom stereocenters. The van der Waals surface area contributed by atoms with Gasteiger partial charge in [0.05, 0.1) is 0 Å².